The topological polar surface area (TPSA) is 100 Å². The smallest absolute Gasteiger partial charge is 0.257 e. The number of morpholine rings is 1. The van der Waals surface area contributed by atoms with Crippen LogP contribution in [-0.4, -0.2) is 79.6 Å². The second-order valence-corrected chi connectivity index (χ2v) is 8.06. The van der Waals surface area contributed by atoms with Crippen molar-refractivity contribution in [3.63, 3.8) is 0 Å². The fourth-order valence-electron chi connectivity index (χ4n) is 4.03. The van der Waals surface area contributed by atoms with Crippen LogP contribution >= 0.6 is 0 Å². The van der Waals surface area contributed by atoms with Gasteiger partial charge in [-0.25, -0.2) is 9.07 Å². The summed E-state index contributed by atoms with van der Waals surface area (Å²) >= 11 is 0. The third-order valence-electron chi connectivity index (χ3n) is 5.77. The quantitative estimate of drug-likeness (QED) is 0.591. The van der Waals surface area contributed by atoms with Gasteiger partial charge in [-0.2, -0.15) is 5.10 Å². The number of aryl methyl sites for hydroxylation is 1. The summed E-state index contributed by atoms with van der Waals surface area (Å²) in [4.78, 5) is 19.0. The lowest BCUT2D eigenvalue weighted by Crippen LogP contribution is -2.47. The standard InChI is InChI=1S/C21H24FN7O3/c1-14-18(11-29(25-14)16-4-6-31-13-16)21(30)27-5-7-32-17(9-27)10-28-12-20(24-26-28)19-3-2-15(22)8-23-19/h2-3,8,11-12,16-17H,4-7,9-10,13H2,1H3. The average Bonchev–Trinajstić information content (AvgIpc) is 3.55. The molecule has 2 saturated heterocycles. The largest absolute Gasteiger partial charge is 0.379 e. The first-order chi connectivity index (χ1) is 15.6. The second kappa shape index (κ2) is 8.75. The molecule has 5 rings (SSSR count). The highest BCUT2D eigenvalue weighted by Gasteiger charge is 2.29. The van der Waals surface area contributed by atoms with E-state index in [0.717, 1.165) is 24.9 Å². The Morgan fingerprint density at radius 1 is 1.25 bits per heavy atom. The van der Waals surface area contributed by atoms with E-state index in [0.29, 0.717) is 49.8 Å². The van der Waals surface area contributed by atoms with Gasteiger partial charge in [0.05, 0.1) is 61.2 Å². The number of aromatic nitrogens is 6. The van der Waals surface area contributed by atoms with Gasteiger partial charge in [-0.3, -0.25) is 14.5 Å². The van der Waals surface area contributed by atoms with Gasteiger partial charge in [0, 0.05) is 25.9 Å². The average molecular weight is 441 g/mol. The van der Waals surface area contributed by atoms with Gasteiger partial charge in [0.1, 0.15) is 11.5 Å². The van der Waals surface area contributed by atoms with Crippen LogP contribution in [-0.2, 0) is 16.0 Å². The fraction of sp³-hybridized carbons (Fsp3) is 0.476. The predicted molar refractivity (Wildman–Crippen MR) is 110 cm³/mol. The summed E-state index contributed by atoms with van der Waals surface area (Å²) < 4.78 is 27.9. The van der Waals surface area contributed by atoms with Crippen LogP contribution in [0.15, 0.2) is 30.7 Å². The summed E-state index contributed by atoms with van der Waals surface area (Å²) in [5.74, 6) is -0.449. The second-order valence-electron chi connectivity index (χ2n) is 8.06. The number of nitrogens with zero attached hydrogens (tertiary/aromatic N) is 7. The fourth-order valence-corrected chi connectivity index (χ4v) is 4.03. The van der Waals surface area contributed by atoms with Gasteiger partial charge in [-0.1, -0.05) is 5.21 Å². The van der Waals surface area contributed by atoms with Crippen molar-refractivity contribution in [1.82, 2.24) is 34.7 Å². The molecule has 32 heavy (non-hydrogen) atoms. The van der Waals surface area contributed by atoms with Gasteiger partial charge >= 0.3 is 0 Å². The maximum Gasteiger partial charge on any atom is 0.257 e. The molecule has 0 spiro atoms. The summed E-state index contributed by atoms with van der Waals surface area (Å²) in [6, 6.07) is 3.07. The first-order valence-electron chi connectivity index (χ1n) is 10.6. The molecule has 0 N–H and O–H groups in total. The Labute approximate surface area is 183 Å². The van der Waals surface area contributed by atoms with Crippen molar-refractivity contribution < 1.29 is 18.7 Å². The molecule has 0 radical (unpaired) electrons. The summed E-state index contributed by atoms with van der Waals surface area (Å²) in [6.07, 6.45) is 5.40. The van der Waals surface area contributed by atoms with Crippen LogP contribution in [0.3, 0.4) is 0 Å². The molecule has 0 aliphatic carbocycles. The number of ether oxygens (including phenoxy) is 2. The maximum absolute atomic E-state index is 13.2. The number of hydrogen-bond acceptors (Lipinski definition) is 7. The highest BCUT2D eigenvalue weighted by Crippen LogP contribution is 2.21. The van der Waals surface area contributed by atoms with Gasteiger partial charge < -0.3 is 14.4 Å². The number of rotatable bonds is 5. The van der Waals surface area contributed by atoms with Gasteiger partial charge in [0.25, 0.3) is 5.91 Å². The predicted octanol–water partition coefficient (Wildman–Crippen LogP) is 1.49. The van der Waals surface area contributed by atoms with E-state index in [1.165, 1.54) is 6.07 Å². The molecule has 0 aromatic carbocycles. The molecule has 1 amide bonds. The molecular weight excluding hydrogens is 417 g/mol. The van der Waals surface area contributed by atoms with Crippen LogP contribution in [0.4, 0.5) is 4.39 Å². The van der Waals surface area contributed by atoms with Crippen LogP contribution < -0.4 is 0 Å². The van der Waals surface area contributed by atoms with Crippen LogP contribution in [0.25, 0.3) is 11.4 Å². The highest BCUT2D eigenvalue weighted by atomic mass is 19.1. The van der Waals surface area contributed by atoms with E-state index >= 15 is 0 Å². The van der Waals surface area contributed by atoms with Crippen molar-refractivity contribution in [2.24, 2.45) is 0 Å². The number of carbonyl (C=O) groups excluding carboxylic acids is 1. The minimum absolute atomic E-state index is 0.0456. The molecule has 11 heteroatoms. The molecule has 3 aromatic heterocycles. The zero-order chi connectivity index (χ0) is 22.1. The Morgan fingerprint density at radius 2 is 2.16 bits per heavy atom. The van der Waals surface area contributed by atoms with Crippen LogP contribution in [0.5, 0.6) is 0 Å². The molecule has 2 atom stereocenters. The number of halogens is 1. The number of amides is 1. The molecule has 3 aromatic rings. The molecule has 2 unspecified atom stereocenters. The van der Waals surface area contributed by atoms with E-state index < -0.39 is 5.82 Å². The van der Waals surface area contributed by atoms with Crippen molar-refractivity contribution in [2.45, 2.75) is 32.0 Å². The first kappa shape index (κ1) is 20.7. The van der Waals surface area contributed by atoms with Crippen LogP contribution in [0.2, 0.25) is 0 Å². The Hall–Kier alpha value is -3.18. The molecule has 5 heterocycles. The monoisotopic (exact) mass is 441 g/mol. The number of carbonyl (C=O) groups is 1. The van der Waals surface area contributed by atoms with E-state index in [9.17, 15) is 9.18 Å². The van der Waals surface area contributed by atoms with Crippen molar-refractivity contribution in [1.29, 1.82) is 0 Å². The minimum atomic E-state index is -0.404. The first-order valence-corrected chi connectivity index (χ1v) is 10.6. The summed E-state index contributed by atoms with van der Waals surface area (Å²) in [7, 11) is 0. The Morgan fingerprint density at radius 3 is 2.94 bits per heavy atom. The zero-order valence-corrected chi connectivity index (χ0v) is 17.7. The summed E-state index contributed by atoms with van der Waals surface area (Å²) in [6.45, 7) is 5.06. The Kier molecular flexibility index (Phi) is 5.66. The molecule has 2 aliphatic rings. The van der Waals surface area contributed by atoms with Crippen molar-refractivity contribution in [3.8, 4) is 11.4 Å². The molecule has 10 nitrogen and oxygen atoms in total. The molecule has 168 valence electrons. The Balaban J connectivity index is 1.24. The molecule has 2 fully saturated rings. The molecule has 2 aliphatic heterocycles. The van der Waals surface area contributed by atoms with Gasteiger partial charge in [0.2, 0.25) is 0 Å². The van der Waals surface area contributed by atoms with E-state index in [1.54, 1.807) is 21.8 Å². The van der Waals surface area contributed by atoms with Crippen LogP contribution in [0.1, 0.15) is 28.5 Å². The van der Waals surface area contributed by atoms with E-state index in [-0.39, 0.29) is 18.1 Å². The van der Waals surface area contributed by atoms with Gasteiger partial charge in [-0.05, 0) is 25.5 Å². The lowest BCUT2D eigenvalue weighted by molar-refractivity contribution is -0.0302. The van der Waals surface area contributed by atoms with Gasteiger partial charge in [-0.15, -0.1) is 5.10 Å². The van der Waals surface area contributed by atoms with Crippen molar-refractivity contribution >= 4 is 5.91 Å². The summed E-state index contributed by atoms with van der Waals surface area (Å²) in [5, 5.41) is 12.8. The SMILES string of the molecule is Cc1nn(C2CCOC2)cc1C(=O)N1CCOC(Cn2cc(-c3ccc(F)cn3)nn2)C1. The molecule has 0 bridgehead atoms. The van der Waals surface area contributed by atoms with Gasteiger partial charge in [0.15, 0.2) is 0 Å². The highest BCUT2D eigenvalue weighted by molar-refractivity contribution is 5.95. The minimum Gasteiger partial charge on any atom is -0.379 e. The van der Waals surface area contributed by atoms with E-state index in [4.69, 9.17) is 9.47 Å². The van der Waals surface area contributed by atoms with Crippen LogP contribution in [0, 0.1) is 12.7 Å². The maximum atomic E-state index is 13.2. The normalized spacial score (nSPS) is 21.2. The number of hydrogen-bond donors (Lipinski definition) is 0. The third-order valence-corrected chi connectivity index (χ3v) is 5.77. The third kappa shape index (κ3) is 4.26. The molecular formula is C21H24FN7O3. The Bertz CT molecular complexity index is 1090. The van der Waals surface area contributed by atoms with Crippen molar-refractivity contribution in [3.05, 3.63) is 47.8 Å². The van der Waals surface area contributed by atoms with E-state index in [2.05, 4.69) is 20.4 Å². The zero-order valence-electron chi connectivity index (χ0n) is 17.7. The lowest BCUT2D eigenvalue weighted by Gasteiger charge is -2.32. The van der Waals surface area contributed by atoms with E-state index in [1.807, 2.05) is 17.8 Å². The summed E-state index contributed by atoms with van der Waals surface area (Å²) in [5.41, 5.74) is 2.42. The lowest BCUT2D eigenvalue weighted by atomic mass is 10.2. The van der Waals surface area contributed by atoms with Crippen molar-refractivity contribution in [2.75, 3.05) is 32.9 Å². The number of pyridine rings is 1. The molecule has 0 saturated carbocycles.